The number of nitrogens with zero attached hydrogens (tertiary/aromatic N) is 4. The van der Waals surface area contributed by atoms with Gasteiger partial charge in [0.05, 0.1) is 18.1 Å². The topological polar surface area (TPSA) is 114 Å². The monoisotopic (exact) mass is 579 g/mol. The molecule has 0 aliphatic rings. The Labute approximate surface area is 240 Å². The Morgan fingerprint density at radius 2 is 1.68 bits per heavy atom. The summed E-state index contributed by atoms with van der Waals surface area (Å²) in [5, 5.41) is 5.27. The van der Waals surface area contributed by atoms with E-state index < -0.39 is 27.8 Å². The van der Waals surface area contributed by atoms with Gasteiger partial charge in [0.1, 0.15) is 5.92 Å². The molecule has 1 N–H and O–H groups in total. The summed E-state index contributed by atoms with van der Waals surface area (Å²) >= 11 is 0. The minimum absolute atomic E-state index is 0. The predicted octanol–water partition coefficient (Wildman–Crippen LogP) is 4.08. The molecule has 2 aromatic heterocycles. The van der Waals surface area contributed by atoms with Crippen LogP contribution in [0, 0.1) is 5.92 Å². The fourth-order valence-corrected chi connectivity index (χ4v) is 4.87. The zero-order valence-corrected chi connectivity index (χ0v) is 23.5. The van der Waals surface area contributed by atoms with Crippen molar-refractivity contribution in [1.29, 1.82) is 0 Å². The molecule has 0 fully saturated rings. The summed E-state index contributed by atoms with van der Waals surface area (Å²) < 4.78 is 29.2. The number of nitrogens with one attached hydrogen (secondary N) is 1. The highest BCUT2D eigenvalue weighted by molar-refractivity contribution is 7.93. The highest BCUT2D eigenvalue weighted by Crippen LogP contribution is 2.20. The molecule has 208 valence electrons. The van der Waals surface area contributed by atoms with Gasteiger partial charge in [-0.1, -0.05) is 54.6 Å². The van der Waals surface area contributed by atoms with Crippen molar-refractivity contribution < 1.29 is 18.0 Å². The molecule has 4 aromatic rings. The zero-order valence-electron chi connectivity index (χ0n) is 21.8. The Morgan fingerprint density at radius 1 is 0.975 bits per heavy atom. The molecule has 0 radical (unpaired) electrons. The maximum absolute atomic E-state index is 13.7. The van der Waals surface area contributed by atoms with Crippen LogP contribution in [0.15, 0.2) is 103 Å². The SMILES string of the molecule is CCN(C(=O)C(Cc1cnn(Cc2cccnc2)c1)C(=O)NS(=O)(=O)/C=C/c1ccccc1)c1ccccc1.Cl. The van der Waals surface area contributed by atoms with Crippen molar-refractivity contribution in [2.45, 2.75) is 19.9 Å². The van der Waals surface area contributed by atoms with Gasteiger partial charge in [-0.2, -0.15) is 5.10 Å². The van der Waals surface area contributed by atoms with Crippen molar-refractivity contribution in [2.75, 3.05) is 11.4 Å². The van der Waals surface area contributed by atoms with Crippen molar-refractivity contribution >= 4 is 46.0 Å². The number of carbonyl (C=O) groups excluding carboxylic acids is 2. The minimum atomic E-state index is -4.16. The van der Waals surface area contributed by atoms with Crippen LogP contribution in [0.3, 0.4) is 0 Å². The number of pyridine rings is 1. The van der Waals surface area contributed by atoms with E-state index in [2.05, 4.69) is 14.8 Å². The Hall–Kier alpha value is -4.28. The second-order valence-corrected chi connectivity index (χ2v) is 10.4. The maximum Gasteiger partial charge on any atom is 0.257 e. The third-order valence-corrected chi connectivity index (χ3v) is 6.92. The van der Waals surface area contributed by atoms with E-state index in [9.17, 15) is 18.0 Å². The van der Waals surface area contributed by atoms with Gasteiger partial charge in [0.15, 0.2) is 0 Å². The number of sulfonamides is 1. The molecule has 0 aliphatic carbocycles. The van der Waals surface area contributed by atoms with Gasteiger partial charge in [-0.3, -0.25) is 19.3 Å². The van der Waals surface area contributed by atoms with Gasteiger partial charge in [0.25, 0.3) is 10.0 Å². The minimum Gasteiger partial charge on any atom is -0.312 e. The normalized spacial score (nSPS) is 11.9. The molecule has 0 bridgehead atoms. The Kier molecular flexibility index (Phi) is 10.7. The van der Waals surface area contributed by atoms with Gasteiger partial charge in [0, 0.05) is 30.8 Å². The lowest BCUT2D eigenvalue weighted by Gasteiger charge is -2.25. The molecule has 0 saturated carbocycles. The average Bonchev–Trinajstić information content (AvgIpc) is 3.39. The summed E-state index contributed by atoms with van der Waals surface area (Å²) in [5.41, 5.74) is 2.83. The van der Waals surface area contributed by atoms with Gasteiger partial charge in [-0.05, 0) is 54.3 Å². The van der Waals surface area contributed by atoms with Crippen LogP contribution in [0.4, 0.5) is 5.69 Å². The first-order valence-corrected chi connectivity index (χ1v) is 14.0. The number of hydrogen-bond acceptors (Lipinski definition) is 6. The van der Waals surface area contributed by atoms with Crippen LogP contribution in [-0.4, -0.2) is 41.5 Å². The van der Waals surface area contributed by atoms with Gasteiger partial charge in [0.2, 0.25) is 11.8 Å². The van der Waals surface area contributed by atoms with Crippen molar-refractivity contribution in [3.05, 3.63) is 120 Å². The van der Waals surface area contributed by atoms with Gasteiger partial charge in [-0.25, -0.2) is 13.1 Å². The van der Waals surface area contributed by atoms with Crippen LogP contribution in [0.25, 0.3) is 6.08 Å². The average molecular weight is 580 g/mol. The standard InChI is InChI=1S/C29H29N5O4S.ClH/c1-2-34(26-13-7-4-8-14-26)29(36)27(18-25-20-31-33(22-25)21-24-12-9-16-30-19-24)28(35)32-39(37,38)17-15-23-10-5-3-6-11-23;/h3-17,19-20,22,27H,2,18,21H2,1H3,(H,32,35);1H/b17-15+;. The summed E-state index contributed by atoms with van der Waals surface area (Å²) in [4.78, 5) is 32.6. The van der Waals surface area contributed by atoms with Gasteiger partial charge in [-0.15, -0.1) is 12.4 Å². The third-order valence-electron chi connectivity index (χ3n) is 5.94. The first kappa shape index (κ1) is 30.3. The molecule has 1 atom stereocenters. The number of para-hydroxylation sites is 1. The molecular formula is C29H30ClN5O4S. The fraction of sp³-hybridized carbons (Fsp3) is 0.172. The van der Waals surface area contributed by atoms with Gasteiger partial charge >= 0.3 is 0 Å². The molecule has 9 nitrogen and oxygen atoms in total. The van der Waals surface area contributed by atoms with Crippen LogP contribution in [0.2, 0.25) is 0 Å². The predicted molar refractivity (Wildman–Crippen MR) is 157 cm³/mol. The van der Waals surface area contributed by atoms with Crippen LogP contribution < -0.4 is 9.62 Å². The molecule has 1 unspecified atom stereocenters. The molecule has 4 rings (SSSR count). The van der Waals surface area contributed by atoms with E-state index in [1.54, 1.807) is 84.9 Å². The van der Waals surface area contributed by atoms with Crippen molar-refractivity contribution in [1.82, 2.24) is 19.5 Å². The van der Waals surface area contributed by atoms with E-state index in [1.165, 1.54) is 11.0 Å². The number of rotatable bonds is 11. The number of anilines is 1. The van der Waals surface area contributed by atoms with Crippen molar-refractivity contribution in [2.24, 2.45) is 5.92 Å². The smallest absolute Gasteiger partial charge is 0.257 e. The van der Waals surface area contributed by atoms with Crippen LogP contribution in [0.5, 0.6) is 0 Å². The van der Waals surface area contributed by atoms with E-state index >= 15 is 0 Å². The number of benzene rings is 2. The largest absolute Gasteiger partial charge is 0.312 e. The number of halogens is 1. The summed E-state index contributed by atoms with van der Waals surface area (Å²) in [6.45, 7) is 2.56. The second kappa shape index (κ2) is 14.2. The zero-order chi connectivity index (χ0) is 27.7. The molecule has 2 heterocycles. The number of aromatic nitrogens is 3. The molecule has 0 aliphatic heterocycles. The molecule has 40 heavy (non-hydrogen) atoms. The molecule has 2 amide bonds. The first-order valence-electron chi connectivity index (χ1n) is 12.4. The third kappa shape index (κ3) is 8.36. The quantitative estimate of drug-likeness (QED) is 0.268. The summed E-state index contributed by atoms with van der Waals surface area (Å²) in [7, 11) is -4.16. The lowest BCUT2D eigenvalue weighted by Crippen LogP contribution is -2.46. The molecular weight excluding hydrogens is 550 g/mol. The lowest BCUT2D eigenvalue weighted by molar-refractivity contribution is -0.132. The highest BCUT2D eigenvalue weighted by atomic mass is 35.5. The van der Waals surface area contributed by atoms with E-state index in [-0.39, 0.29) is 18.8 Å². The Morgan fingerprint density at radius 3 is 2.33 bits per heavy atom. The summed E-state index contributed by atoms with van der Waals surface area (Å²) in [6, 6.07) is 21.5. The van der Waals surface area contributed by atoms with E-state index in [0.717, 1.165) is 11.0 Å². The van der Waals surface area contributed by atoms with Crippen LogP contribution in [0.1, 0.15) is 23.6 Å². The van der Waals surface area contributed by atoms with Crippen LogP contribution in [-0.2, 0) is 32.6 Å². The number of amides is 2. The number of hydrogen-bond donors (Lipinski definition) is 1. The molecule has 2 aromatic carbocycles. The van der Waals surface area contributed by atoms with Crippen LogP contribution >= 0.6 is 12.4 Å². The summed E-state index contributed by atoms with van der Waals surface area (Å²) in [6.07, 6.45) is 8.09. The van der Waals surface area contributed by atoms with E-state index in [0.29, 0.717) is 29.9 Å². The summed E-state index contributed by atoms with van der Waals surface area (Å²) in [5.74, 6) is -2.73. The second-order valence-electron chi connectivity index (χ2n) is 8.81. The maximum atomic E-state index is 13.7. The Balaban J connectivity index is 0.00000441. The first-order chi connectivity index (χ1) is 18.8. The Bertz CT molecular complexity index is 1530. The van der Waals surface area contributed by atoms with Gasteiger partial charge < -0.3 is 4.90 Å². The highest BCUT2D eigenvalue weighted by Gasteiger charge is 2.33. The molecule has 11 heteroatoms. The molecule has 0 spiro atoms. The molecule has 0 saturated heterocycles. The lowest BCUT2D eigenvalue weighted by atomic mass is 9.99. The fourth-order valence-electron chi connectivity index (χ4n) is 4.04. The van der Waals surface area contributed by atoms with E-state index in [1.807, 2.05) is 24.3 Å². The van der Waals surface area contributed by atoms with Crippen molar-refractivity contribution in [3.63, 3.8) is 0 Å². The number of carbonyl (C=O) groups is 2. The van der Waals surface area contributed by atoms with Crippen molar-refractivity contribution in [3.8, 4) is 0 Å². The van der Waals surface area contributed by atoms with E-state index in [4.69, 9.17) is 0 Å².